The number of nitrogens with zero attached hydrogens (tertiary/aromatic N) is 1. The number of fused-ring (bicyclic) bond motifs is 2. The van der Waals surface area contributed by atoms with Crippen LogP contribution in [0.3, 0.4) is 0 Å². The number of anilines is 2. The number of nitrogens with one attached hydrogen (secondary N) is 1. The van der Waals surface area contributed by atoms with E-state index in [-0.39, 0.29) is 0 Å². The molecule has 3 rings (SSSR count). The highest BCUT2D eigenvalue weighted by molar-refractivity contribution is 7.94. The number of hydrogen-bond acceptors (Lipinski definition) is 4. The summed E-state index contributed by atoms with van der Waals surface area (Å²) >= 11 is 0. The van der Waals surface area contributed by atoms with E-state index < -0.39 is 21.4 Å². The van der Waals surface area contributed by atoms with Crippen molar-refractivity contribution >= 4 is 27.2 Å². The molecule has 0 fully saturated rings. The van der Waals surface area contributed by atoms with Gasteiger partial charge in [0.05, 0.1) is 21.2 Å². The van der Waals surface area contributed by atoms with Crippen molar-refractivity contribution in [1.82, 2.24) is 0 Å². The van der Waals surface area contributed by atoms with E-state index in [9.17, 15) is 9.00 Å². The van der Waals surface area contributed by atoms with Gasteiger partial charge in [0, 0.05) is 0 Å². The van der Waals surface area contributed by atoms with E-state index in [0.717, 1.165) is 0 Å². The molecule has 2 aromatic carbocycles. The van der Waals surface area contributed by atoms with Crippen molar-refractivity contribution in [3.63, 3.8) is 0 Å². The van der Waals surface area contributed by atoms with Crippen LogP contribution in [0.1, 0.15) is 20.8 Å². The van der Waals surface area contributed by atoms with E-state index in [1.54, 1.807) is 45.0 Å². The maximum Gasteiger partial charge on any atom is 0.442 e. The van der Waals surface area contributed by atoms with Gasteiger partial charge in [-0.15, -0.1) is 4.36 Å². The maximum absolute atomic E-state index is 13.6. The monoisotopic (exact) mass is 330 g/mol. The first-order valence-corrected chi connectivity index (χ1v) is 8.76. The van der Waals surface area contributed by atoms with Gasteiger partial charge in [-0.2, -0.15) is 0 Å². The van der Waals surface area contributed by atoms with Crippen LogP contribution in [0.25, 0.3) is 0 Å². The van der Waals surface area contributed by atoms with Crippen LogP contribution in [0.15, 0.2) is 62.7 Å². The Hall–Kier alpha value is -2.34. The number of para-hydroxylation sites is 2. The Morgan fingerprint density at radius 3 is 1.96 bits per heavy atom. The minimum absolute atomic E-state index is 0.490. The molecule has 0 spiro atoms. The molecule has 0 radical (unpaired) electrons. The SMILES string of the molecule is CC(C)(C)OC(=O)N=S1(=O)c2ccccc2Nc2ccccc21. The molecular formula is C17H18N2O3S. The summed E-state index contributed by atoms with van der Waals surface area (Å²) in [7, 11) is -3.09. The van der Waals surface area contributed by atoms with Crippen molar-refractivity contribution in [3.8, 4) is 0 Å². The van der Waals surface area contributed by atoms with Crippen LogP contribution in [0.2, 0.25) is 0 Å². The molecule has 120 valence electrons. The second kappa shape index (κ2) is 5.38. The minimum atomic E-state index is -3.09. The zero-order valence-electron chi connectivity index (χ0n) is 13.2. The zero-order valence-corrected chi connectivity index (χ0v) is 14.0. The molecule has 1 aliphatic rings. The van der Waals surface area contributed by atoms with Gasteiger partial charge in [-0.25, -0.2) is 9.00 Å². The third-order valence-electron chi connectivity index (χ3n) is 3.24. The highest BCUT2D eigenvalue weighted by atomic mass is 32.2. The van der Waals surface area contributed by atoms with Crippen molar-refractivity contribution in [1.29, 1.82) is 0 Å². The number of hydrogen-bond donors (Lipinski definition) is 1. The summed E-state index contributed by atoms with van der Waals surface area (Å²) in [6, 6.07) is 14.3. The van der Waals surface area contributed by atoms with Crippen molar-refractivity contribution in [2.75, 3.05) is 5.32 Å². The predicted molar refractivity (Wildman–Crippen MR) is 89.5 cm³/mol. The normalized spacial score (nSPS) is 14.9. The van der Waals surface area contributed by atoms with Crippen LogP contribution in [0.4, 0.5) is 16.2 Å². The molecule has 0 aliphatic carbocycles. The van der Waals surface area contributed by atoms with E-state index in [2.05, 4.69) is 9.68 Å². The molecule has 1 amide bonds. The van der Waals surface area contributed by atoms with Crippen molar-refractivity contribution in [3.05, 3.63) is 48.5 Å². The van der Waals surface area contributed by atoms with Gasteiger partial charge >= 0.3 is 6.09 Å². The lowest BCUT2D eigenvalue weighted by Gasteiger charge is -2.24. The first-order valence-electron chi connectivity index (χ1n) is 7.25. The molecule has 1 aliphatic heterocycles. The third kappa shape index (κ3) is 2.94. The third-order valence-corrected chi connectivity index (χ3v) is 5.55. The van der Waals surface area contributed by atoms with Crippen LogP contribution in [0.5, 0.6) is 0 Å². The minimum Gasteiger partial charge on any atom is -0.442 e. The van der Waals surface area contributed by atoms with E-state index in [1.807, 2.05) is 24.3 Å². The number of benzene rings is 2. The Bertz CT molecular complexity index is 839. The van der Waals surface area contributed by atoms with Gasteiger partial charge in [-0.3, -0.25) is 0 Å². The Morgan fingerprint density at radius 2 is 1.48 bits per heavy atom. The predicted octanol–water partition coefficient (Wildman–Crippen LogP) is 4.56. The molecule has 23 heavy (non-hydrogen) atoms. The second-order valence-electron chi connectivity index (χ2n) is 6.21. The Morgan fingerprint density at radius 1 is 1.00 bits per heavy atom. The standard InChI is InChI=1S/C17H18N2O3S/c1-17(2,3)22-16(20)19-23(21)14-10-6-4-8-12(14)18-13-9-5-7-11-15(13)23/h4-11,18H,1-3H3. The first-order chi connectivity index (χ1) is 10.8. The largest absolute Gasteiger partial charge is 0.442 e. The number of amides is 1. The molecule has 0 atom stereocenters. The van der Waals surface area contributed by atoms with Crippen LogP contribution >= 0.6 is 0 Å². The Balaban J connectivity index is 2.22. The summed E-state index contributed by atoms with van der Waals surface area (Å²) in [5.41, 5.74) is 0.675. The lowest BCUT2D eigenvalue weighted by molar-refractivity contribution is 0.0607. The lowest BCUT2D eigenvalue weighted by atomic mass is 10.2. The van der Waals surface area contributed by atoms with E-state index in [1.165, 1.54) is 0 Å². The number of carbonyl (C=O) groups excluding carboxylic acids is 1. The van der Waals surface area contributed by atoms with Crippen molar-refractivity contribution in [2.24, 2.45) is 4.36 Å². The Kier molecular flexibility index (Phi) is 3.64. The molecule has 0 bridgehead atoms. The molecular weight excluding hydrogens is 312 g/mol. The number of carbonyl (C=O) groups is 1. The molecule has 5 nitrogen and oxygen atoms in total. The van der Waals surface area contributed by atoms with Gasteiger partial charge < -0.3 is 10.1 Å². The van der Waals surface area contributed by atoms with Gasteiger partial charge in [0.2, 0.25) is 0 Å². The molecule has 6 heteroatoms. The highest BCUT2D eigenvalue weighted by Gasteiger charge is 2.29. The van der Waals surface area contributed by atoms with Crippen molar-refractivity contribution in [2.45, 2.75) is 36.2 Å². The van der Waals surface area contributed by atoms with Crippen molar-refractivity contribution < 1.29 is 13.7 Å². The van der Waals surface area contributed by atoms with Crippen LogP contribution in [0, 0.1) is 0 Å². The summed E-state index contributed by atoms with van der Waals surface area (Å²) < 4.78 is 22.8. The van der Waals surface area contributed by atoms with E-state index in [4.69, 9.17) is 4.74 Å². The maximum atomic E-state index is 13.6. The van der Waals surface area contributed by atoms with Gasteiger partial charge in [0.1, 0.15) is 15.3 Å². The summed E-state index contributed by atoms with van der Waals surface area (Å²) in [6.45, 7) is 5.24. The van der Waals surface area contributed by atoms with E-state index >= 15 is 0 Å². The topological polar surface area (TPSA) is 67.8 Å². The summed E-state index contributed by atoms with van der Waals surface area (Å²) in [5, 5.41) is 3.23. The lowest BCUT2D eigenvalue weighted by Crippen LogP contribution is -2.23. The first kappa shape index (κ1) is 15.6. The van der Waals surface area contributed by atoms with Gasteiger partial charge in [0.25, 0.3) is 0 Å². The quantitative estimate of drug-likeness (QED) is 0.656. The van der Waals surface area contributed by atoms with Crippen LogP contribution in [-0.4, -0.2) is 15.9 Å². The molecule has 0 aromatic heterocycles. The fourth-order valence-electron chi connectivity index (χ4n) is 2.37. The molecule has 1 heterocycles. The van der Waals surface area contributed by atoms with Gasteiger partial charge in [-0.05, 0) is 45.0 Å². The smallest absolute Gasteiger partial charge is 0.442 e. The van der Waals surface area contributed by atoms with Crippen LogP contribution < -0.4 is 5.32 Å². The summed E-state index contributed by atoms with van der Waals surface area (Å²) in [6.07, 6.45) is -0.825. The molecule has 0 saturated carbocycles. The van der Waals surface area contributed by atoms with Gasteiger partial charge in [-0.1, -0.05) is 24.3 Å². The average Bonchev–Trinajstić information content (AvgIpc) is 2.45. The van der Waals surface area contributed by atoms with Crippen LogP contribution in [-0.2, 0) is 14.5 Å². The second-order valence-corrected chi connectivity index (χ2v) is 8.33. The number of rotatable bonds is 0. The summed E-state index contributed by atoms with van der Waals surface area (Å²) in [4.78, 5) is 13.1. The molecule has 0 saturated heterocycles. The molecule has 2 aromatic rings. The number of ether oxygens (including phenoxy) is 1. The Labute approximate surface area is 135 Å². The average molecular weight is 330 g/mol. The van der Waals surface area contributed by atoms with Gasteiger partial charge in [0.15, 0.2) is 0 Å². The molecule has 1 N–H and O–H groups in total. The highest BCUT2D eigenvalue weighted by Crippen LogP contribution is 2.40. The fourth-order valence-corrected chi connectivity index (χ4v) is 4.41. The van der Waals surface area contributed by atoms with E-state index in [0.29, 0.717) is 21.2 Å². The summed E-state index contributed by atoms with van der Waals surface area (Å²) in [5.74, 6) is 0. The fraction of sp³-hybridized carbons (Fsp3) is 0.235. The molecule has 0 unspecified atom stereocenters. The zero-order chi connectivity index (χ0) is 16.7.